The molecule has 9 heteroatoms. The summed E-state index contributed by atoms with van der Waals surface area (Å²) in [7, 11) is 1.54. The highest BCUT2D eigenvalue weighted by molar-refractivity contribution is 7.80. The van der Waals surface area contributed by atoms with Crippen LogP contribution in [0.4, 0.5) is 5.69 Å². The summed E-state index contributed by atoms with van der Waals surface area (Å²) in [6.07, 6.45) is 2.84. The monoisotopic (exact) mass is 454 g/mol. The summed E-state index contributed by atoms with van der Waals surface area (Å²) in [6, 6.07) is 13.0. The maximum absolute atomic E-state index is 12.1. The van der Waals surface area contributed by atoms with Gasteiger partial charge in [0.2, 0.25) is 17.7 Å². The number of carbonyl (C=O) groups excluding carboxylic acids is 3. The molecule has 32 heavy (non-hydrogen) atoms. The first-order valence-electron chi connectivity index (χ1n) is 9.86. The smallest absolute Gasteiger partial charge is 0.250 e. The maximum atomic E-state index is 12.1. The predicted octanol–water partition coefficient (Wildman–Crippen LogP) is 2.77. The molecule has 0 fully saturated rings. The van der Waals surface area contributed by atoms with Gasteiger partial charge in [-0.3, -0.25) is 30.6 Å². The molecular weight excluding hydrogens is 428 g/mol. The third-order valence-corrected chi connectivity index (χ3v) is 4.56. The van der Waals surface area contributed by atoms with E-state index in [9.17, 15) is 14.4 Å². The molecule has 0 saturated carbocycles. The molecule has 0 unspecified atom stereocenters. The van der Waals surface area contributed by atoms with E-state index in [2.05, 4.69) is 21.5 Å². The van der Waals surface area contributed by atoms with Crippen molar-refractivity contribution >= 4 is 46.8 Å². The van der Waals surface area contributed by atoms with Crippen LogP contribution in [0.25, 0.3) is 6.08 Å². The van der Waals surface area contributed by atoms with Crippen LogP contribution in [0.2, 0.25) is 0 Å². The van der Waals surface area contributed by atoms with Gasteiger partial charge in [-0.05, 0) is 55.4 Å². The number of carbonyl (C=O) groups is 3. The number of hydrazine groups is 1. The number of amides is 3. The van der Waals surface area contributed by atoms with Crippen LogP contribution in [0.3, 0.4) is 0 Å². The summed E-state index contributed by atoms with van der Waals surface area (Å²) in [5.74, 6) is -0.560. The standard InChI is InChI=1S/C23H26N4O4S/c1-15-8-9-16(2)18(14-15)24-20(28)12-13-22(30)26-27-23(32)25-21(29)11-10-17-6-4-5-7-19(17)31-3/h4-11,14H,12-13H2,1-3H3,(H,24,28)(H,26,30)(H2,25,27,29,32)/b11-10+. The van der Waals surface area contributed by atoms with Crippen LogP contribution < -0.4 is 26.2 Å². The summed E-state index contributed by atoms with van der Waals surface area (Å²) < 4.78 is 5.21. The largest absolute Gasteiger partial charge is 0.496 e. The molecule has 0 aliphatic heterocycles. The zero-order valence-electron chi connectivity index (χ0n) is 18.2. The Bertz CT molecular complexity index is 1040. The molecule has 168 valence electrons. The molecule has 0 radical (unpaired) electrons. The van der Waals surface area contributed by atoms with E-state index in [-0.39, 0.29) is 23.9 Å². The van der Waals surface area contributed by atoms with Crippen LogP contribution in [-0.4, -0.2) is 29.9 Å². The van der Waals surface area contributed by atoms with Gasteiger partial charge in [0.25, 0.3) is 0 Å². The Morgan fingerprint density at radius 1 is 1.00 bits per heavy atom. The van der Waals surface area contributed by atoms with Gasteiger partial charge in [-0.25, -0.2) is 0 Å². The minimum atomic E-state index is -0.476. The van der Waals surface area contributed by atoms with Gasteiger partial charge < -0.3 is 10.1 Å². The molecule has 2 aromatic carbocycles. The number of aryl methyl sites for hydroxylation is 2. The molecule has 2 aromatic rings. The number of nitrogens with one attached hydrogen (secondary N) is 4. The minimum absolute atomic E-state index is 0.00165. The summed E-state index contributed by atoms with van der Waals surface area (Å²) in [4.78, 5) is 36.0. The molecule has 0 spiro atoms. The molecule has 4 N–H and O–H groups in total. The molecule has 3 amide bonds. The lowest BCUT2D eigenvalue weighted by Crippen LogP contribution is -2.48. The van der Waals surface area contributed by atoms with E-state index in [1.165, 1.54) is 6.08 Å². The van der Waals surface area contributed by atoms with E-state index in [1.54, 1.807) is 25.3 Å². The van der Waals surface area contributed by atoms with Gasteiger partial charge >= 0.3 is 0 Å². The fourth-order valence-corrected chi connectivity index (χ4v) is 2.81. The van der Waals surface area contributed by atoms with Crippen molar-refractivity contribution in [1.82, 2.24) is 16.2 Å². The molecule has 0 aromatic heterocycles. The van der Waals surface area contributed by atoms with E-state index in [4.69, 9.17) is 17.0 Å². The predicted molar refractivity (Wildman–Crippen MR) is 128 cm³/mol. The number of anilines is 1. The van der Waals surface area contributed by atoms with Gasteiger partial charge in [0.1, 0.15) is 5.75 Å². The number of hydrogen-bond donors (Lipinski definition) is 4. The van der Waals surface area contributed by atoms with Crippen LogP contribution in [-0.2, 0) is 14.4 Å². The summed E-state index contributed by atoms with van der Waals surface area (Å²) in [5.41, 5.74) is 8.21. The zero-order valence-corrected chi connectivity index (χ0v) is 19.0. The Morgan fingerprint density at radius 2 is 1.72 bits per heavy atom. The number of rotatable bonds is 7. The molecule has 0 aliphatic rings. The Balaban J connectivity index is 1.71. The van der Waals surface area contributed by atoms with Crippen molar-refractivity contribution in [3.05, 3.63) is 65.2 Å². The quantitative estimate of drug-likeness (QED) is 0.291. The summed E-state index contributed by atoms with van der Waals surface area (Å²) >= 11 is 4.98. The second-order valence-corrected chi connectivity index (χ2v) is 7.34. The van der Waals surface area contributed by atoms with Crippen molar-refractivity contribution in [1.29, 1.82) is 0 Å². The lowest BCUT2D eigenvalue weighted by molar-refractivity contribution is -0.124. The van der Waals surface area contributed by atoms with E-state index in [0.29, 0.717) is 5.75 Å². The molecule has 0 bridgehead atoms. The van der Waals surface area contributed by atoms with Crippen molar-refractivity contribution in [2.24, 2.45) is 0 Å². The molecule has 2 rings (SSSR count). The molecule has 0 aliphatic carbocycles. The second kappa shape index (κ2) is 12.2. The molecule has 0 saturated heterocycles. The third kappa shape index (κ3) is 8.19. The van der Waals surface area contributed by atoms with Crippen molar-refractivity contribution < 1.29 is 19.1 Å². The van der Waals surface area contributed by atoms with Gasteiger partial charge in [0.15, 0.2) is 5.11 Å². The number of thiocarbonyl (C=S) groups is 1. The average molecular weight is 455 g/mol. The van der Waals surface area contributed by atoms with Gasteiger partial charge in [-0.2, -0.15) is 0 Å². The topological polar surface area (TPSA) is 109 Å². The van der Waals surface area contributed by atoms with E-state index >= 15 is 0 Å². The van der Waals surface area contributed by atoms with Crippen LogP contribution >= 0.6 is 12.2 Å². The van der Waals surface area contributed by atoms with Crippen LogP contribution in [0, 0.1) is 13.8 Å². The van der Waals surface area contributed by atoms with Crippen molar-refractivity contribution in [2.45, 2.75) is 26.7 Å². The third-order valence-electron chi connectivity index (χ3n) is 4.35. The number of para-hydroxylation sites is 1. The number of methoxy groups -OCH3 is 1. The Kier molecular flexibility index (Phi) is 9.37. The highest BCUT2D eigenvalue weighted by atomic mass is 32.1. The van der Waals surface area contributed by atoms with Crippen LogP contribution in [0.1, 0.15) is 29.5 Å². The van der Waals surface area contributed by atoms with Crippen LogP contribution in [0.15, 0.2) is 48.5 Å². The number of hydrogen-bond acceptors (Lipinski definition) is 5. The summed E-state index contributed by atoms with van der Waals surface area (Å²) in [5, 5.41) is 5.13. The van der Waals surface area contributed by atoms with Gasteiger partial charge in [-0.15, -0.1) is 0 Å². The van der Waals surface area contributed by atoms with Gasteiger partial charge in [0, 0.05) is 30.2 Å². The minimum Gasteiger partial charge on any atom is -0.496 e. The number of benzene rings is 2. The highest BCUT2D eigenvalue weighted by Crippen LogP contribution is 2.18. The average Bonchev–Trinajstić information content (AvgIpc) is 2.77. The van der Waals surface area contributed by atoms with Crippen LogP contribution in [0.5, 0.6) is 5.75 Å². The SMILES string of the molecule is COc1ccccc1/C=C/C(=O)NC(=S)NNC(=O)CCC(=O)Nc1cc(C)ccc1C. The number of ether oxygens (including phenoxy) is 1. The first kappa shape index (κ1) is 24.5. The summed E-state index contributed by atoms with van der Waals surface area (Å²) in [6.45, 7) is 3.83. The van der Waals surface area contributed by atoms with E-state index in [1.807, 2.05) is 44.2 Å². The lowest BCUT2D eigenvalue weighted by Gasteiger charge is -2.11. The normalized spacial score (nSPS) is 10.3. The highest BCUT2D eigenvalue weighted by Gasteiger charge is 2.09. The first-order chi connectivity index (χ1) is 15.3. The van der Waals surface area contributed by atoms with Crippen molar-refractivity contribution in [2.75, 3.05) is 12.4 Å². The van der Waals surface area contributed by atoms with Crippen molar-refractivity contribution in [3.63, 3.8) is 0 Å². The Hall–Kier alpha value is -3.72. The molecular formula is C23H26N4O4S. The second-order valence-electron chi connectivity index (χ2n) is 6.93. The Labute approximate surface area is 192 Å². The van der Waals surface area contributed by atoms with Crippen molar-refractivity contribution in [3.8, 4) is 5.75 Å². The zero-order chi connectivity index (χ0) is 23.5. The Morgan fingerprint density at radius 3 is 2.47 bits per heavy atom. The fraction of sp³-hybridized carbons (Fsp3) is 0.217. The molecule has 0 atom stereocenters. The lowest BCUT2D eigenvalue weighted by atomic mass is 10.1. The first-order valence-corrected chi connectivity index (χ1v) is 10.3. The molecule has 0 heterocycles. The molecule has 8 nitrogen and oxygen atoms in total. The van der Waals surface area contributed by atoms with Gasteiger partial charge in [-0.1, -0.05) is 30.3 Å². The van der Waals surface area contributed by atoms with E-state index in [0.717, 1.165) is 22.4 Å². The fourth-order valence-electron chi connectivity index (χ4n) is 2.65. The maximum Gasteiger partial charge on any atom is 0.250 e. The van der Waals surface area contributed by atoms with Gasteiger partial charge in [0.05, 0.1) is 7.11 Å². The van der Waals surface area contributed by atoms with E-state index < -0.39 is 11.8 Å².